The van der Waals surface area contributed by atoms with Crippen molar-refractivity contribution >= 4 is 34.5 Å². The van der Waals surface area contributed by atoms with Crippen LogP contribution in [-0.2, 0) is 22.4 Å². The van der Waals surface area contributed by atoms with Crippen molar-refractivity contribution in [2.24, 2.45) is 0 Å². The summed E-state index contributed by atoms with van der Waals surface area (Å²) in [5.74, 6) is -0.189. The van der Waals surface area contributed by atoms with Gasteiger partial charge in [0.1, 0.15) is 0 Å². The summed E-state index contributed by atoms with van der Waals surface area (Å²) in [6, 6.07) is 1.76. The van der Waals surface area contributed by atoms with E-state index in [-0.39, 0.29) is 0 Å². The highest BCUT2D eigenvalue weighted by Crippen LogP contribution is 2.38. The maximum atomic E-state index is 11.2. The zero-order chi connectivity index (χ0) is 14.6. The number of benzene rings is 1. The Kier molecular flexibility index (Phi) is 5.78. The van der Waals surface area contributed by atoms with E-state index in [1.165, 1.54) is 13.8 Å². The first-order chi connectivity index (χ1) is 8.90. The number of hydrogen-bond donors (Lipinski definition) is 0. The van der Waals surface area contributed by atoms with E-state index in [1.807, 2.05) is 13.8 Å². The summed E-state index contributed by atoms with van der Waals surface area (Å²) in [5, 5.41) is 0. The van der Waals surface area contributed by atoms with Crippen molar-refractivity contribution in [1.29, 1.82) is 0 Å². The van der Waals surface area contributed by atoms with Crippen LogP contribution in [0.1, 0.15) is 38.8 Å². The Labute approximate surface area is 126 Å². The van der Waals surface area contributed by atoms with Crippen LogP contribution in [0.25, 0.3) is 0 Å². The number of esters is 2. The fraction of sp³-hybridized carbons (Fsp3) is 0.429. The monoisotopic (exact) mass is 376 g/mol. The van der Waals surface area contributed by atoms with E-state index < -0.39 is 11.9 Å². The number of carbonyl (C=O) groups excluding carboxylic acids is 2. The molecule has 0 aliphatic rings. The van der Waals surface area contributed by atoms with E-state index in [0.29, 0.717) is 17.9 Å². The first-order valence-electron chi connectivity index (χ1n) is 6.11. The van der Waals surface area contributed by atoms with Gasteiger partial charge in [-0.25, -0.2) is 0 Å². The third-order valence-electron chi connectivity index (χ3n) is 2.58. The van der Waals surface area contributed by atoms with Crippen molar-refractivity contribution in [2.45, 2.75) is 40.5 Å². The lowest BCUT2D eigenvalue weighted by Gasteiger charge is -2.16. The Morgan fingerprint density at radius 2 is 1.68 bits per heavy atom. The second-order valence-electron chi connectivity index (χ2n) is 4.05. The molecule has 19 heavy (non-hydrogen) atoms. The van der Waals surface area contributed by atoms with Gasteiger partial charge in [-0.1, -0.05) is 13.8 Å². The molecule has 0 radical (unpaired) electrons. The predicted molar refractivity (Wildman–Crippen MR) is 80.5 cm³/mol. The highest BCUT2D eigenvalue weighted by Gasteiger charge is 2.19. The summed E-state index contributed by atoms with van der Waals surface area (Å²) < 4.78 is 11.4. The van der Waals surface area contributed by atoms with E-state index in [2.05, 4.69) is 22.6 Å². The Hall–Kier alpha value is -1.11. The Bertz CT molecular complexity index is 509. The van der Waals surface area contributed by atoms with Crippen LogP contribution in [0.2, 0.25) is 0 Å². The molecule has 0 N–H and O–H groups in total. The number of carbonyl (C=O) groups is 2. The topological polar surface area (TPSA) is 52.6 Å². The predicted octanol–water partition coefficient (Wildman–Crippen LogP) is 3.27. The molecule has 0 fully saturated rings. The van der Waals surface area contributed by atoms with Crippen molar-refractivity contribution in [1.82, 2.24) is 0 Å². The number of halogens is 1. The van der Waals surface area contributed by atoms with Gasteiger partial charge in [0.05, 0.1) is 0 Å². The minimum atomic E-state index is -0.432. The largest absolute Gasteiger partial charge is 0.423 e. The second-order valence-corrected chi connectivity index (χ2v) is 5.13. The summed E-state index contributed by atoms with van der Waals surface area (Å²) >= 11 is 2.23. The normalized spacial score (nSPS) is 10.2. The molecule has 0 amide bonds. The van der Waals surface area contributed by atoms with Gasteiger partial charge in [-0.15, -0.1) is 0 Å². The zero-order valence-corrected chi connectivity index (χ0v) is 13.7. The SMILES string of the molecule is CCc1cc(OC(C)=O)c(OC(C)=O)c(CC)c1I. The van der Waals surface area contributed by atoms with Gasteiger partial charge in [0.2, 0.25) is 0 Å². The van der Waals surface area contributed by atoms with Crippen molar-refractivity contribution in [3.8, 4) is 11.5 Å². The fourth-order valence-corrected chi connectivity index (χ4v) is 2.95. The highest BCUT2D eigenvalue weighted by molar-refractivity contribution is 14.1. The van der Waals surface area contributed by atoms with E-state index in [9.17, 15) is 9.59 Å². The van der Waals surface area contributed by atoms with Gasteiger partial charge in [-0.2, -0.15) is 0 Å². The smallest absolute Gasteiger partial charge is 0.308 e. The Balaban J connectivity index is 3.47. The van der Waals surface area contributed by atoms with Crippen molar-refractivity contribution in [3.05, 3.63) is 20.8 Å². The van der Waals surface area contributed by atoms with Crippen molar-refractivity contribution in [2.75, 3.05) is 0 Å². The summed E-state index contributed by atoms with van der Waals surface area (Å²) in [6.07, 6.45) is 1.52. The van der Waals surface area contributed by atoms with Crippen molar-refractivity contribution < 1.29 is 19.1 Å². The lowest BCUT2D eigenvalue weighted by atomic mass is 10.0. The van der Waals surface area contributed by atoms with E-state index in [0.717, 1.165) is 21.1 Å². The standard InChI is InChI=1S/C14H17IO4/c1-5-10-7-12(18-8(3)16)14(19-9(4)17)11(6-2)13(10)15/h7H,5-6H2,1-4H3. The quantitative estimate of drug-likeness (QED) is 0.460. The average molecular weight is 376 g/mol. The maximum Gasteiger partial charge on any atom is 0.308 e. The molecule has 104 valence electrons. The lowest BCUT2D eigenvalue weighted by Crippen LogP contribution is -2.11. The molecule has 1 aromatic carbocycles. The molecule has 4 nitrogen and oxygen atoms in total. The molecule has 0 bridgehead atoms. The maximum absolute atomic E-state index is 11.2. The van der Waals surface area contributed by atoms with Crippen LogP contribution in [0, 0.1) is 3.57 Å². The van der Waals surface area contributed by atoms with Gasteiger partial charge in [-0.3, -0.25) is 9.59 Å². The molecule has 0 aliphatic carbocycles. The van der Waals surface area contributed by atoms with Crippen LogP contribution < -0.4 is 9.47 Å². The van der Waals surface area contributed by atoms with Crippen LogP contribution in [0.5, 0.6) is 11.5 Å². The molecule has 5 heteroatoms. The number of rotatable bonds is 4. The molecule has 0 heterocycles. The van der Waals surface area contributed by atoms with Gasteiger partial charge in [0.25, 0.3) is 0 Å². The first kappa shape index (κ1) is 15.9. The van der Waals surface area contributed by atoms with Crippen molar-refractivity contribution in [3.63, 3.8) is 0 Å². The lowest BCUT2D eigenvalue weighted by molar-refractivity contribution is -0.134. The average Bonchev–Trinajstić information content (AvgIpc) is 2.31. The van der Waals surface area contributed by atoms with Gasteiger partial charge in [0, 0.05) is 23.0 Å². The molecule has 0 saturated heterocycles. The molecule has 1 aromatic rings. The molecule has 0 unspecified atom stereocenters. The van der Waals surface area contributed by atoms with Gasteiger partial charge < -0.3 is 9.47 Å². The Morgan fingerprint density at radius 1 is 1.11 bits per heavy atom. The van der Waals surface area contributed by atoms with Gasteiger partial charge in [-0.05, 0) is 47.1 Å². The molecule has 0 spiro atoms. The van der Waals surface area contributed by atoms with E-state index in [4.69, 9.17) is 9.47 Å². The van der Waals surface area contributed by atoms with Crippen LogP contribution in [0.4, 0.5) is 0 Å². The number of hydrogen-bond acceptors (Lipinski definition) is 4. The molecular weight excluding hydrogens is 359 g/mol. The van der Waals surface area contributed by atoms with Crippen LogP contribution in [0.15, 0.2) is 6.07 Å². The molecule has 0 aromatic heterocycles. The van der Waals surface area contributed by atoms with Crippen LogP contribution in [0.3, 0.4) is 0 Å². The van der Waals surface area contributed by atoms with E-state index >= 15 is 0 Å². The van der Waals surface area contributed by atoms with Crippen LogP contribution >= 0.6 is 22.6 Å². The molecule has 1 rings (SSSR count). The summed E-state index contributed by atoms with van der Waals surface area (Å²) in [6.45, 7) is 6.66. The molecule has 0 saturated carbocycles. The zero-order valence-electron chi connectivity index (χ0n) is 11.5. The number of ether oxygens (including phenoxy) is 2. The highest BCUT2D eigenvalue weighted by atomic mass is 127. The van der Waals surface area contributed by atoms with Gasteiger partial charge in [0.15, 0.2) is 11.5 Å². The third-order valence-corrected chi connectivity index (χ3v) is 3.93. The minimum Gasteiger partial charge on any atom is -0.423 e. The first-order valence-corrected chi connectivity index (χ1v) is 7.19. The minimum absolute atomic E-state index is 0.316. The summed E-state index contributed by atoms with van der Waals surface area (Å²) in [5.41, 5.74) is 1.97. The summed E-state index contributed by atoms with van der Waals surface area (Å²) in [7, 11) is 0. The van der Waals surface area contributed by atoms with E-state index in [1.54, 1.807) is 6.07 Å². The third kappa shape index (κ3) is 3.92. The van der Waals surface area contributed by atoms with Crippen LogP contribution in [-0.4, -0.2) is 11.9 Å². The van der Waals surface area contributed by atoms with Gasteiger partial charge >= 0.3 is 11.9 Å². The second kappa shape index (κ2) is 6.88. The fourth-order valence-electron chi connectivity index (χ4n) is 1.79. The molecule has 0 aliphatic heterocycles. The molecule has 0 atom stereocenters. The number of aryl methyl sites for hydroxylation is 1. The molecular formula is C14H17IO4. The summed E-state index contributed by atoms with van der Waals surface area (Å²) in [4.78, 5) is 22.4. The Morgan fingerprint density at radius 3 is 2.11 bits per heavy atom.